The van der Waals surface area contributed by atoms with Gasteiger partial charge in [-0.05, 0) is 12.1 Å². The van der Waals surface area contributed by atoms with Gasteiger partial charge in [0, 0.05) is 6.54 Å². The van der Waals surface area contributed by atoms with Crippen LogP contribution in [0.5, 0.6) is 0 Å². The Morgan fingerprint density at radius 2 is 1.81 bits per heavy atom. The third-order valence-electron chi connectivity index (χ3n) is 1.66. The number of urea groups is 1. The number of hydrogen-bond acceptors (Lipinski definition) is 2. The SMILES string of the molecule is O=C(NCCO)Nc1cc(Cl)c(Cl)cc1Cl. The Bertz CT molecular complexity index is 399. The Morgan fingerprint density at radius 3 is 2.44 bits per heavy atom. The first-order valence-corrected chi connectivity index (χ1v) is 5.48. The highest BCUT2D eigenvalue weighted by atomic mass is 35.5. The maximum absolute atomic E-state index is 11.3. The van der Waals surface area contributed by atoms with E-state index in [0.29, 0.717) is 15.7 Å². The zero-order chi connectivity index (χ0) is 12.1. The molecule has 0 aliphatic heterocycles. The van der Waals surface area contributed by atoms with Gasteiger partial charge in [-0.25, -0.2) is 4.79 Å². The maximum atomic E-state index is 11.3. The number of anilines is 1. The lowest BCUT2D eigenvalue weighted by Gasteiger charge is -2.09. The Balaban J connectivity index is 2.73. The van der Waals surface area contributed by atoms with E-state index in [4.69, 9.17) is 39.9 Å². The van der Waals surface area contributed by atoms with Gasteiger partial charge in [-0.15, -0.1) is 0 Å². The van der Waals surface area contributed by atoms with Crippen molar-refractivity contribution in [3.8, 4) is 0 Å². The van der Waals surface area contributed by atoms with Crippen molar-refractivity contribution < 1.29 is 9.90 Å². The summed E-state index contributed by atoms with van der Waals surface area (Å²) in [5.41, 5.74) is 0.353. The smallest absolute Gasteiger partial charge is 0.319 e. The number of aliphatic hydroxyl groups is 1. The second-order valence-corrected chi connectivity index (χ2v) is 4.07. The van der Waals surface area contributed by atoms with Crippen molar-refractivity contribution in [3.63, 3.8) is 0 Å². The van der Waals surface area contributed by atoms with Gasteiger partial charge in [0.15, 0.2) is 0 Å². The van der Waals surface area contributed by atoms with Gasteiger partial charge in [0.25, 0.3) is 0 Å². The van der Waals surface area contributed by atoms with Crippen LogP contribution in [0.4, 0.5) is 10.5 Å². The molecule has 88 valence electrons. The molecule has 3 N–H and O–H groups in total. The first kappa shape index (κ1) is 13.4. The summed E-state index contributed by atoms with van der Waals surface area (Å²) in [6.45, 7) is 0.0211. The second-order valence-electron chi connectivity index (χ2n) is 2.85. The Morgan fingerprint density at radius 1 is 1.19 bits per heavy atom. The molecule has 1 rings (SSSR count). The largest absolute Gasteiger partial charge is 0.395 e. The molecule has 16 heavy (non-hydrogen) atoms. The summed E-state index contributed by atoms with van der Waals surface area (Å²) in [6, 6.07) is 2.41. The van der Waals surface area contributed by atoms with E-state index < -0.39 is 6.03 Å². The first-order valence-electron chi connectivity index (χ1n) is 4.35. The fourth-order valence-electron chi connectivity index (χ4n) is 0.954. The van der Waals surface area contributed by atoms with Gasteiger partial charge in [-0.2, -0.15) is 0 Å². The Hall–Kier alpha value is -0.680. The number of carbonyl (C=O) groups is 1. The van der Waals surface area contributed by atoms with Crippen molar-refractivity contribution in [1.29, 1.82) is 0 Å². The first-order chi connectivity index (χ1) is 7.54. The van der Waals surface area contributed by atoms with Crippen molar-refractivity contribution in [2.45, 2.75) is 0 Å². The lowest BCUT2D eigenvalue weighted by atomic mass is 10.3. The quantitative estimate of drug-likeness (QED) is 0.747. The molecular formula is C9H9Cl3N2O2. The molecule has 0 aliphatic rings. The molecule has 0 radical (unpaired) electrons. The van der Waals surface area contributed by atoms with Crippen LogP contribution in [-0.4, -0.2) is 24.3 Å². The lowest BCUT2D eigenvalue weighted by Crippen LogP contribution is -2.31. The van der Waals surface area contributed by atoms with Crippen molar-refractivity contribution in [2.24, 2.45) is 0 Å². The molecule has 0 unspecified atom stereocenters. The zero-order valence-corrected chi connectivity index (χ0v) is 10.3. The zero-order valence-electron chi connectivity index (χ0n) is 8.06. The molecule has 1 aromatic carbocycles. The molecule has 0 bridgehead atoms. The van der Waals surface area contributed by atoms with Gasteiger partial charge in [-0.1, -0.05) is 34.8 Å². The molecule has 4 nitrogen and oxygen atoms in total. The molecule has 0 atom stereocenters. The number of carbonyl (C=O) groups excluding carboxylic acids is 1. The highest BCUT2D eigenvalue weighted by Gasteiger charge is 2.08. The molecule has 1 aromatic rings. The molecule has 0 aromatic heterocycles. The molecule has 0 saturated heterocycles. The highest BCUT2D eigenvalue weighted by molar-refractivity contribution is 6.44. The van der Waals surface area contributed by atoms with Crippen molar-refractivity contribution in [3.05, 3.63) is 27.2 Å². The third-order valence-corrected chi connectivity index (χ3v) is 2.69. The summed E-state index contributed by atoms with van der Waals surface area (Å²) in [7, 11) is 0. The molecule has 0 aliphatic carbocycles. The van der Waals surface area contributed by atoms with Gasteiger partial charge in [0.05, 0.1) is 27.4 Å². The van der Waals surface area contributed by atoms with E-state index in [0.717, 1.165) is 0 Å². The monoisotopic (exact) mass is 282 g/mol. The molecular weight excluding hydrogens is 274 g/mol. The minimum Gasteiger partial charge on any atom is -0.395 e. The van der Waals surface area contributed by atoms with Crippen LogP contribution in [0.2, 0.25) is 15.1 Å². The number of nitrogens with one attached hydrogen (secondary N) is 2. The van der Waals surface area contributed by atoms with Crippen LogP contribution in [0.25, 0.3) is 0 Å². The van der Waals surface area contributed by atoms with Crippen LogP contribution in [0, 0.1) is 0 Å². The van der Waals surface area contributed by atoms with Gasteiger partial charge in [0.1, 0.15) is 0 Å². The summed E-state index contributed by atoms with van der Waals surface area (Å²) in [6.07, 6.45) is 0. The van der Waals surface area contributed by atoms with E-state index in [-0.39, 0.29) is 18.2 Å². The fourth-order valence-corrected chi connectivity index (χ4v) is 1.55. The number of hydrogen-bond donors (Lipinski definition) is 3. The molecule has 0 spiro atoms. The van der Waals surface area contributed by atoms with E-state index in [2.05, 4.69) is 10.6 Å². The molecule has 0 heterocycles. The Kier molecular flexibility index (Phi) is 5.15. The summed E-state index contributed by atoms with van der Waals surface area (Å²) >= 11 is 17.3. The van der Waals surface area contributed by atoms with E-state index in [1.54, 1.807) is 0 Å². The van der Waals surface area contributed by atoms with E-state index in [9.17, 15) is 4.79 Å². The van der Waals surface area contributed by atoms with Crippen LogP contribution in [0.15, 0.2) is 12.1 Å². The minimum absolute atomic E-state index is 0.136. The summed E-state index contributed by atoms with van der Waals surface area (Å²) < 4.78 is 0. The number of rotatable bonds is 3. The summed E-state index contributed by atoms with van der Waals surface area (Å²) in [5.74, 6) is 0. The van der Waals surface area contributed by atoms with Crippen LogP contribution >= 0.6 is 34.8 Å². The van der Waals surface area contributed by atoms with Crippen molar-refractivity contribution in [2.75, 3.05) is 18.5 Å². The number of amides is 2. The lowest BCUT2D eigenvalue weighted by molar-refractivity contribution is 0.245. The predicted octanol–water partition coefficient (Wildman–Crippen LogP) is 2.76. The van der Waals surface area contributed by atoms with Crippen molar-refractivity contribution in [1.82, 2.24) is 5.32 Å². The molecule has 0 saturated carbocycles. The van der Waals surface area contributed by atoms with Gasteiger partial charge >= 0.3 is 6.03 Å². The van der Waals surface area contributed by atoms with E-state index >= 15 is 0 Å². The number of halogens is 3. The topological polar surface area (TPSA) is 61.4 Å². The normalized spacial score (nSPS) is 10.0. The van der Waals surface area contributed by atoms with Crippen LogP contribution in [-0.2, 0) is 0 Å². The van der Waals surface area contributed by atoms with Gasteiger partial charge in [0.2, 0.25) is 0 Å². The number of aliphatic hydroxyl groups excluding tert-OH is 1. The van der Waals surface area contributed by atoms with E-state index in [1.807, 2.05) is 0 Å². The van der Waals surface area contributed by atoms with Gasteiger partial charge < -0.3 is 15.7 Å². The standard InChI is InChI=1S/C9H9Cl3N2O2/c10-5-3-7(12)8(4-6(5)11)14-9(16)13-1-2-15/h3-4,15H,1-2H2,(H2,13,14,16). The molecule has 0 fully saturated rings. The van der Waals surface area contributed by atoms with Crippen LogP contribution in [0.1, 0.15) is 0 Å². The van der Waals surface area contributed by atoms with Gasteiger partial charge in [-0.3, -0.25) is 0 Å². The second kappa shape index (κ2) is 6.15. The van der Waals surface area contributed by atoms with E-state index in [1.165, 1.54) is 12.1 Å². The maximum Gasteiger partial charge on any atom is 0.319 e. The summed E-state index contributed by atoms with van der Waals surface area (Å²) in [5, 5.41) is 14.3. The number of benzene rings is 1. The Labute approximate surface area is 107 Å². The van der Waals surface area contributed by atoms with Crippen LogP contribution < -0.4 is 10.6 Å². The summed E-state index contributed by atoms with van der Waals surface area (Å²) in [4.78, 5) is 11.3. The predicted molar refractivity (Wildman–Crippen MR) is 65.6 cm³/mol. The van der Waals surface area contributed by atoms with Crippen LogP contribution in [0.3, 0.4) is 0 Å². The minimum atomic E-state index is -0.477. The average molecular weight is 284 g/mol. The molecule has 7 heteroatoms. The fraction of sp³-hybridized carbons (Fsp3) is 0.222. The third kappa shape index (κ3) is 3.72. The average Bonchev–Trinajstić information content (AvgIpc) is 2.23. The highest BCUT2D eigenvalue weighted by Crippen LogP contribution is 2.32. The molecule has 2 amide bonds. The van der Waals surface area contributed by atoms with Crippen molar-refractivity contribution >= 4 is 46.5 Å².